The molecule has 2 unspecified atom stereocenters. The number of anilines is 2. The predicted octanol–water partition coefficient (Wildman–Crippen LogP) is 0.721. The molecule has 0 radical (unpaired) electrons. The van der Waals surface area contributed by atoms with Crippen LogP contribution in [0.5, 0.6) is 0 Å². The molecule has 0 aliphatic carbocycles. The van der Waals surface area contributed by atoms with Gasteiger partial charge in [-0.2, -0.15) is 0 Å². The molecule has 2 atom stereocenters. The molecule has 13 heteroatoms. The van der Waals surface area contributed by atoms with Gasteiger partial charge in [0.2, 0.25) is 11.8 Å². The van der Waals surface area contributed by atoms with E-state index in [1.807, 2.05) is 0 Å². The van der Waals surface area contributed by atoms with Crippen LogP contribution in [0.25, 0.3) is 0 Å². The fourth-order valence-corrected chi connectivity index (χ4v) is 5.40. The van der Waals surface area contributed by atoms with Crippen molar-refractivity contribution in [1.82, 2.24) is 4.98 Å². The van der Waals surface area contributed by atoms with Crippen LogP contribution in [0.3, 0.4) is 0 Å². The zero-order chi connectivity index (χ0) is 21.2. The maximum Gasteiger partial charge on any atom is 0.321 e. The number of aliphatic carboxylic acids is 1. The Labute approximate surface area is 174 Å². The van der Waals surface area contributed by atoms with Crippen LogP contribution in [0.1, 0.15) is 6.42 Å². The molecule has 0 spiro atoms. The maximum atomic E-state index is 12.6. The second-order valence-electron chi connectivity index (χ2n) is 5.97. The summed E-state index contributed by atoms with van der Waals surface area (Å²) in [5.41, 5.74) is 5.66. The topological polar surface area (TPSA) is 160 Å². The van der Waals surface area contributed by atoms with Gasteiger partial charge in [0.15, 0.2) is 5.13 Å². The summed E-state index contributed by atoms with van der Waals surface area (Å²) in [5, 5.41) is 9.93. The van der Waals surface area contributed by atoms with E-state index in [9.17, 15) is 22.8 Å². The highest BCUT2D eigenvalue weighted by molar-refractivity contribution is 8.00. The maximum absolute atomic E-state index is 12.6. The summed E-state index contributed by atoms with van der Waals surface area (Å²) in [6, 6.07) is 4.16. The highest BCUT2D eigenvalue weighted by atomic mass is 32.2. The van der Waals surface area contributed by atoms with Crippen molar-refractivity contribution in [1.29, 1.82) is 0 Å². The van der Waals surface area contributed by atoms with E-state index in [-0.39, 0.29) is 27.9 Å². The molecule has 29 heavy (non-hydrogen) atoms. The average molecular weight is 457 g/mol. The largest absolute Gasteiger partial charge is 0.480 e. The van der Waals surface area contributed by atoms with Gasteiger partial charge in [0.1, 0.15) is 6.04 Å². The van der Waals surface area contributed by atoms with E-state index in [0.29, 0.717) is 0 Å². The van der Waals surface area contributed by atoms with Crippen LogP contribution in [0.15, 0.2) is 40.7 Å². The summed E-state index contributed by atoms with van der Waals surface area (Å²) in [7, 11) is -3.85. The number of aromatic nitrogens is 1. The number of carbonyl (C=O) groups excluding carboxylic acids is 2. The molecule has 1 aliphatic rings. The summed E-state index contributed by atoms with van der Waals surface area (Å²) in [6.45, 7) is 0. The van der Waals surface area contributed by atoms with Gasteiger partial charge in [-0.15, -0.1) is 23.1 Å². The Bertz CT molecular complexity index is 1020. The van der Waals surface area contributed by atoms with Gasteiger partial charge in [-0.3, -0.25) is 19.1 Å². The van der Waals surface area contributed by atoms with Crippen molar-refractivity contribution in [2.24, 2.45) is 5.73 Å². The van der Waals surface area contributed by atoms with Crippen molar-refractivity contribution in [3.05, 3.63) is 35.8 Å². The normalized spacial score (nSPS) is 18.1. The number of benzene rings is 1. The van der Waals surface area contributed by atoms with Crippen molar-refractivity contribution in [2.75, 3.05) is 15.4 Å². The zero-order valence-electron chi connectivity index (χ0n) is 14.7. The van der Waals surface area contributed by atoms with Gasteiger partial charge in [-0.25, -0.2) is 18.3 Å². The molecule has 1 aromatic carbocycles. The quantitative estimate of drug-likeness (QED) is 0.486. The Balaban J connectivity index is 1.71. The number of thiazole rings is 1. The standard InChI is InChI=1S/C16H16N4O6S3/c17-11(15(23)24)8-28-12-7-13(21)20(14(12)22)9-1-3-10(4-2-9)29(25,26)19-16-18-5-6-27-16/h1-6,11-12H,7-8,17H2,(H,18,19)(H,23,24). The van der Waals surface area contributed by atoms with Crippen LogP contribution in [-0.2, 0) is 24.4 Å². The number of nitrogens with two attached hydrogens (primary N) is 1. The number of thioether (sulfide) groups is 1. The predicted molar refractivity (Wildman–Crippen MR) is 108 cm³/mol. The Kier molecular flexibility index (Phi) is 6.21. The third-order valence-electron chi connectivity index (χ3n) is 3.96. The lowest BCUT2D eigenvalue weighted by Crippen LogP contribution is -2.35. The smallest absolute Gasteiger partial charge is 0.321 e. The van der Waals surface area contributed by atoms with Crippen LogP contribution in [0, 0.1) is 0 Å². The number of hydrogen-bond donors (Lipinski definition) is 3. The first-order valence-corrected chi connectivity index (χ1v) is 11.6. The number of rotatable bonds is 8. The molecule has 2 amide bonds. The van der Waals surface area contributed by atoms with Crippen molar-refractivity contribution in [2.45, 2.75) is 22.6 Å². The Morgan fingerprint density at radius 2 is 2.07 bits per heavy atom. The minimum atomic E-state index is -3.85. The summed E-state index contributed by atoms with van der Waals surface area (Å²) >= 11 is 2.14. The van der Waals surface area contributed by atoms with Gasteiger partial charge in [-0.05, 0) is 24.3 Å². The van der Waals surface area contributed by atoms with Gasteiger partial charge in [0, 0.05) is 23.8 Å². The number of nitrogens with zero attached hydrogens (tertiary/aromatic N) is 2. The summed E-state index contributed by atoms with van der Waals surface area (Å²) in [5.74, 6) is -2.14. The molecule has 1 fully saturated rings. The fraction of sp³-hybridized carbons (Fsp3) is 0.250. The number of carboxylic acids is 1. The Hall–Kier alpha value is -2.48. The first-order valence-electron chi connectivity index (χ1n) is 8.18. The molecule has 2 heterocycles. The first-order chi connectivity index (χ1) is 13.7. The lowest BCUT2D eigenvalue weighted by Gasteiger charge is -2.16. The van der Waals surface area contributed by atoms with E-state index in [0.717, 1.165) is 28.0 Å². The van der Waals surface area contributed by atoms with Crippen LogP contribution >= 0.6 is 23.1 Å². The lowest BCUT2D eigenvalue weighted by molar-refractivity contribution is -0.138. The lowest BCUT2D eigenvalue weighted by atomic mass is 10.3. The third-order valence-corrected chi connectivity index (χ3v) is 7.45. The first kappa shape index (κ1) is 21.2. The number of amides is 2. The molecule has 1 aliphatic heterocycles. The summed E-state index contributed by atoms with van der Waals surface area (Å²) < 4.78 is 27.1. The van der Waals surface area contributed by atoms with Gasteiger partial charge >= 0.3 is 5.97 Å². The number of carbonyl (C=O) groups is 3. The molecule has 2 aromatic rings. The Morgan fingerprint density at radius 3 is 2.66 bits per heavy atom. The van der Waals surface area contributed by atoms with E-state index >= 15 is 0 Å². The minimum Gasteiger partial charge on any atom is -0.480 e. The number of carboxylic acid groups (broad SMARTS) is 1. The SMILES string of the molecule is NC(CSC1CC(=O)N(c2ccc(S(=O)(=O)Nc3nccs3)cc2)C1=O)C(=O)O. The molecule has 1 saturated heterocycles. The summed E-state index contributed by atoms with van der Waals surface area (Å²) in [6.07, 6.45) is 1.38. The molecular weight excluding hydrogens is 440 g/mol. The van der Waals surface area contributed by atoms with Gasteiger partial charge < -0.3 is 10.8 Å². The monoisotopic (exact) mass is 456 g/mol. The molecule has 3 rings (SSSR count). The van der Waals surface area contributed by atoms with Crippen molar-refractivity contribution < 1.29 is 27.9 Å². The average Bonchev–Trinajstić information content (AvgIpc) is 3.27. The highest BCUT2D eigenvalue weighted by Crippen LogP contribution is 2.30. The number of imide groups is 1. The zero-order valence-corrected chi connectivity index (χ0v) is 17.2. The van der Waals surface area contributed by atoms with E-state index in [4.69, 9.17) is 10.8 Å². The molecule has 4 N–H and O–H groups in total. The van der Waals surface area contributed by atoms with Crippen molar-refractivity contribution in [3.63, 3.8) is 0 Å². The molecule has 0 bridgehead atoms. The van der Waals surface area contributed by atoms with E-state index in [2.05, 4.69) is 9.71 Å². The minimum absolute atomic E-state index is 0.00747. The van der Waals surface area contributed by atoms with Crippen molar-refractivity contribution in [3.8, 4) is 0 Å². The number of nitrogens with one attached hydrogen (secondary N) is 1. The van der Waals surface area contributed by atoms with Gasteiger partial charge in [0.25, 0.3) is 10.0 Å². The molecule has 10 nitrogen and oxygen atoms in total. The van der Waals surface area contributed by atoms with Gasteiger partial charge in [-0.1, -0.05) is 0 Å². The molecule has 154 valence electrons. The Morgan fingerprint density at radius 1 is 1.38 bits per heavy atom. The highest BCUT2D eigenvalue weighted by Gasteiger charge is 2.40. The number of sulfonamides is 1. The van der Waals surface area contributed by atoms with Crippen LogP contribution in [-0.4, -0.2) is 53.3 Å². The molecule has 1 aromatic heterocycles. The number of hydrogen-bond acceptors (Lipinski definition) is 9. The van der Waals surface area contributed by atoms with E-state index < -0.39 is 39.1 Å². The second-order valence-corrected chi connectivity index (χ2v) is 9.79. The molecule has 0 saturated carbocycles. The van der Waals surface area contributed by atoms with Crippen LogP contribution < -0.4 is 15.4 Å². The van der Waals surface area contributed by atoms with E-state index in [1.165, 1.54) is 30.5 Å². The van der Waals surface area contributed by atoms with E-state index in [1.54, 1.807) is 5.38 Å². The summed E-state index contributed by atoms with van der Waals surface area (Å²) in [4.78, 5) is 40.4. The molecular formula is C16H16N4O6S3. The third kappa shape index (κ3) is 4.75. The van der Waals surface area contributed by atoms with Gasteiger partial charge in [0.05, 0.1) is 15.8 Å². The fourth-order valence-electron chi connectivity index (χ4n) is 2.52. The second kappa shape index (κ2) is 8.49. The van der Waals surface area contributed by atoms with Crippen LogP contribution in [0.2, 0.25) is 0 Å². The van der Waals surface area contributed by atoms with Crippen LogP contribution in [0.4, 0.5) is 10.8 Å². The van der Waals surface area contributed by atoms with Crippen molar-refractivity contribution >= 4 is 61.7 Å².